The van der Waals surface area contributed by atoms with E-state index in [2.05, 4.69) is 5.32 Å². The number of imide groups is 1. The van der Waals surface area contributed by atoms with Gasteiger partial charge in [0.25, 0.3) is 11.8 Å². The Bertz CT molecular complexity index is 1370. The lowest BCUT2D eigenvalue weighted by Gasteiger charge is -2.24. The molecular formula is C29H24N2O7. The molecule has 1 fully saturated rings. The number of alkyl carbamates (subject to hydrolysis) is 1. The fourth-order valence-electron chi connectivity index (χ4n) is 5.35. The molecule has 38 heavy (non-hydrogen) atoms. The van der Waals surface area contributed by atoms with Gasteiger partial charge in [-0.1, -0.05) is 65.7 Å². The van der Waals surface area contributed by atoms with Gasteiger partial charge >= 0.3 is 12.1 Å². The van der Waals surface area contributed by atoms with Crippen LogP contribution in [0.4, 0.5) is 4.79 Å². The molecule has 3 aromatic carbocycles. The number of nitrogens with zero attached hydrogens (tertiary/aromatic N) is 1. The summed E-state index contributed by atoms with van der Waals surface area (Å²) in [5.74, 6) is -2.96. The van der Waals surface area contributed by atoms with Gasteiger partial charge < -0.3 is 19.6 Å². The molecule has 3 amide bonds. The highest BCUT2D eigenvalue weighted by Gasteiger charge is 2.42. The third kappa shape index (κ3) is 4.10. The number of rotatable bonds is 6. The quantitative estimate of drug-likeness (QED) is 0.502. The molecule has 9 nitrogen and oxygen atoms in total. The van der Waals surface area contributed by atoms with Gasteiger partial charge in [-0.05, 0) is 40.8 Å². The van der Waals surface area contributed by atoms with E-state index in [4.69, 9.17) is 14.3 Å². The first-order valence-corrected chi connectivity index (χ1v) is 12.4. The fraction of sp³-hybridized carbons (Fsp3) is 0.241. The van der Waals surface area contributed by atoms with E-state index in [9.17, 15) is 19.2 Å². The highest BCUT2D eigenvalue weighted by Crippen LogP contribution is 2.44. The van der Waals surface area contributed by atoms with Gasteiger partial charge in [0, 0.05) is 18.4 Å². The van der Waals surface area contributed by atoms with E-state index in [-0.39, 0.29) is 30.3 Å². The van der Waals surface area contributed by atoms with Crippen LogP contribution < -0.4 is 5.32 Å². The summed E-state index contributed by atoms with van der Waals surface area (Å²) in [5.41, 5.74) is 4.62. The zero-order valence-electron chi connectivity index (χ0n) is 20.3. The van der Waals surface area contributed by atoms with Crippen molar-refractivity contribution in [3.63, 3.8) is 0 Å². The van der Waals surface area contributed by atoms with Crippen molar-refractivity contribution in [1.82, 2.24) is 10.4 Å². The Labute approximate surface area is 218 Å². The molecule has 0 bridgehead atoms. The molecule has 0 saturated carbocycles. The Morgan fingerprint density at radius 3 is 1.97 bits per heavy atom. The van der Waals surface area contributed by atoms with Gasteiger partial charge in [0.15, 0.2) is 0 Å². The Morgan fingerprint density at radius 2 is 1.42 bits per heavy atom. The molecule has 1 N–H and O–H groups in total. The number of amides is 3. The lowest BCUT2D eigenvalue weighted by atomic mass is 9.98. The molecule has 192 valence electrons. The average molecular weight is 513 g/mol. The Hall–Kier alpha value is -4.50. The van der Waals surface area contributed by atoms with E-state index in [1.165, 1.54) is 12.1 Å². The predicted molar refractivity (Wildman–Crippen MR) is 134 cm³/mol. The molecule has 2 heterocycles. The van der Waals surface area contributed by atoms with Crippen LogP contribution in [-0.2, 0) is 19.1 Å². The second-order valence-corrected chi connectivity index (χ2v) is 9.43. The van der Waals surface area contributed by atoms with Gasteiger partial charge in [-0.2, -0.15) is 0 Å². The summed E-state index contributed by atoms with van der Waals surface area (Å²) in [6, 6.07) is 21.0. The van der Waals surface area contributed by atoms with E-state index in [0.29, 0.717) is 18.1 Å². The van der Waals surface area contributed by atoms with Crippen molar-refractivity contribution in [3.05, 3.63) is 95.1 Å². The van der Waals surface area contributed by atoms with Gasteiger partial charge in [-0.3, -0.25) is 9.59 Å². The van der Waals surface area contributed by atoms with Gasteiger partial charge in [0.05, 0.1) is 17.7 Å². The van der Waals surface area contributed by atoms with E-state index < -0.39 is 35.8 Å². The van der Waals surface area contributed by atoms with Crippen LogP contribution in [0, 0.1) is 5.92 Å². The normalized spacial score (nSPS) is 18.5. The molecule has 0 spiro atoms. The van der Waals surface area contributed by atoms with Crippen LogP contribution in [0.3, 0.4) is 0 Å². The number of nitrogens with one attached hydrogen (secondary N) is 1. The summed E-state index contributed by atoms with van der Waals surface area (Å²) in [5, 5.41) is 3.03. The lowest BCUT2D eigenvalue weighted by Crippen LogP contribution is -2.50. The summed E-state index contributed by atoms with van der Waals surface area (Å²) >= 11 is 0. The highest BCUT2D eigenvalue weighted by atomic mass is 16.7. The predicted octanol–water partition coefficient (Wildman–Crippen LogP) is 3.68. The lowest BCUT2D eigenvalue weighted by molar-refractivity contribution is -0.172. The van der Waals surface area contributed by atoms with Crippen molar-refractivity contribution in [1.29, 1.82) is 0 Å². The maximum absolute atomic E-state index is 13.2. The van der Waals surface area contributed by atoms with E-state index in [1.54, 1.807) is 12.1 Å². The largest absolute Gasteiger partial charge is 0.449 e. The van der Waals surface area contributed by atoms with Crippen molar-refractivity contribution in [2.75, 3.05) is 19.8 Å². The highest BCUT2D eigenvalue weighted by molar-refractivity contribution is 6.21. The maximum atomic E-state index is 13.2. The smallest absolute Gasteiger partial charge is 0.407 e. The maximum Gasteiger partial charge on any atom is 0.407 e. The van der Waals surface area contributed by atoms with Crippen LogP contribution in [0.25, 0.3) is 11.1 Å². The molecule has 0 aromatic heterocycles. The summed E-state index contributed by atoms with van der Waals surface area (Å²) in [6.07, 6.45) is -0.311. The third-order valence-electron chi connectivity index (χ3n) is 7.25. The standard InChI is InChI=1S/C29H24N2O7/c32-26-22-11-5-6-12-23(22)27(33)31(26)38-28(34)25(17-13-14-36-15-17)30-29(35)37-16-24-20-9-3-1-7-18(20)19-8-2-4-10-21(19)24/h1-12,17,24-25H,13-16H2,(H,30,35). The first kappa shape index (κ1) is 23.9. The average Bonchev–Trinajstić information content (AvgIpc) is 3.64. The van der Waals surface area contributed by atoms with Crippen LogP contribution in [0.15, 0.2) is 72.8 Å². The Kier molecular flexibility index (Phi) is 6.13. The molecule has 3 aromatic rings. The van der Waals surface area contributed by atoms with Crippen LogP contribution in [0.2, 0.25) is 0 Å². The van der Waals surface area contributed by atoms with Crippen molar-refractivity contribution in [2.45, 2.75) is 18.4 Å². The van der Waals surface area contributed by atoms with E-state index >= 15 is 0 Å². The molecule has 1 saturated heterocycles. The second-order valence-electron chi connectivity index (χ2n) is 9.43. The first-order chi connectivity index (χ1) is 18.5. The van der Waals surface area contributed by atoms with Crippen molar-refractivity contribution < 1.29 is 33.5 Å². The van der Waals surface area contributed by atoms with Gasteiger partial charge in [0.2, 0.25) is 0 Å². The summed E-state index contributed by atoms with van der Waals surface area (Å²) in [7, 11) is 0. The SMILES string of the molecule is O=C(NC(C(=O)ON1C(=O)c2ccccc2C1=O)C1CCOC1)OCC1c2ccccc2-c2ccccc21. The zero-order valence-corrected chi connectivity index (χ0v) is 20.3. The van der Waals surface area contributed by atoms with Crippen LogP contribution in [-0.4, -0.2) is 54.8 Å². The number of hydrogen-bond donors (Lipinski definition) is 1. The molecule has 2 aliphatic heterocycles. The third-order valence-corrected chi connectivity index (χ3v) is 7.25. The minimum Gasteiger partial charge on any atom is -0.449 e. The number of fused-ring (bicyclic) bond motifs is 4. The summed E-state index contributed by atoms with van der Waals surface area (Å²) in [6.45, 7) is 0.695. The number of benzene rings is 3. The monoisotopic (exact) mass is 512 g/mol. The van der Waals surface area contributed by atoms with E-state index in [0.717, 1.165) is 22.3 Å². The molecule has 0 radical (unpaired) electrons. The number of hydrogen-bond acceptors (Lipinski definition) is 7. The summed E-state index contributed by atoms with van der Waals surface area (Å²) in [4.78, 5) is 56.6. The van der Waals surface area contributed by atoms with Crippen LogP contribution in [0.5, 0.6) is 0 Å². The van der Waals surface area contributed by atoms with Crippen molar-refractivity contribution in [3.8, 4) is 11.1 Å². The van der Waals surface area contributed by atoms with Gasteiger partial charge in [-0.15, -0.1) is 0 Å². The molecule has 2 atom stereocenters. The van der Waals surface area contributed by atoms with E-state index in [1.807, 2.05) is 48.5 Å². The number of ether oxygens (including phenoxy) is 2. The Morgan fingerprint density at radius 1 is 0.868 bits per heavy atom. The first-order valence-electron chi connectivity index (χ1n) is 12.4. The van der Waals surface area contributed by atoms with Gasteiger partial charge in [-0.25, -0.2) is 9.59 Å². The minimum absolute atomic E-state index is 0.0706. The van der Waals surface area contributed by atoms with Crippen LogP contribution in [0.1, 0.15) is 44.2 Å². The molecular weight excluding hydrogens is 488 g/mol. The number of carbonyl (C=O) groups is 4. The summed E-state index contributed by atoms with van der Waals surface area (Å²) < 4.78 is 11.0. The fourth-order valence-corrected chi connectivity index (χ4v) is 5.35. The van der Waals surface area contributed by atoms with Gasteiger partial charge in [0.1, 0.15) is 12.6 Å². The topological polar surface area (TPSA) is 111 Å². The second kappa shape index (κ2) is 9.75. The molecule has 2 unspecified atom stereocenters. The van der Waals surface area contributed by atoms with Crippen LogP contribution >= 0.6 is 0 Å². The molecule has 3 aliphatic rings. The van der Waals surface area contributed by atoms with Crippen molar-refractivity contribution >= 4 is 23.9 Å². The number of carbonyl (C=O) groups excluding carboxylic acids is 4. The minimum atomic E-state index is -1.17. The number of hydroxylamine groups is 2. The Balaban J connectivity index is 1.15. The molecule has 6 rings (SSSR count). The molecule has 1 aliphatic carbocycles. The zero-order chi connectivity index (χ0) is 26.2. The van der Waals surface area contributed by atoms with Crippen molar-refractivity contribution in [2.24, 2.45) is 5.92 Å². The molecule has 9 heteroatoms.